The standard InChI is InChI=1S/C17H21NO4S/c1-11-7-8-14(23-11)5-4-6-16(19)18(3)10-13-9-15(17(20)21)12(2)22-13/h7-9H,4-6,10H2,1-3H3,(H,20,21). The molecule has 1 amide bonds. The van der Waals surface area contributed by atoms with Crippen LogP contribution in [0.4, 0.5) is 0 Å². The Morgan fingerprint density at radius 3 is 2.61 bits per heavy atom. The second-order valence-electron chi connectivity index (χ2n) is 5.60. The van der Waals surface area contributed by atoms with Gasteiger partial charge in [-0.1, -0.05) is 0 Å². The monoisotopic (exact) mass is 335 g/mol. The van der Waals surface area contributed by atoms with Crippen LogP contribution in [0.1, 0.15) is 44.5 Å². The summed E-state index contributed by atoms with van der Waals surface area (Å²) < 4.78 is 5.40. The highest BCUT2D eigenvalue weighted by Gasteiger charge is 2.16. The SMILES string of the molecule is Cc1ccc(CCCC(=O)N(C)Cc2cc(C(=O)O)c(C)o2)s1. The predicted octanol–water partition coefficient (Wildman–Crippen LogP) is 3.64. The van der Waals surface area contributed by atoms with Gasteiger partial charge in [0.15, 0.2) is 0 Å². The lowest BCUT2D eigenvalue weighted by atomic mass is 10.2. The summed E-state index contributed by atoms with van der Waals surface area (Å²) in [6.07, 6.45) is 2.18. The lowest BCUT2D eigenvalue weighted by molar-refractivity contribution is -0.130. The molecule has 1 N–H and O–H groups in total. The van der Waals surface area contributed by atoms with Crippen molar-refractivity contribution in [2.75, 3.05) is 7.05 Å². The minimum atomic E-state index is -1.02. The van der Waals surface area contributed by atoms with Crippen LogP contribution in [0.2, 0.25) is 0 Å². The highest BCUT2D eigenvalue weighted by Crippen LogP contribution is 2.19. The third-order valence-corrected chi connectivity index (χ3v) is 4.69. The molecule has 2 heterocycles. The summed E-state index contributed by atoms with van der Waals surface area (Å²) in [5, 5.41) is 9.01. The number of hydrogen-bond donors (Lipinski definition) is 1. The normalized spacial score (nSPS) is 10.7. The van der Waals surface area contributed by atoms with E-state index in [1.54, 1.807) is 30.2 Å². The Morgan fingerprint density at radius 1 is 1.30 bits per heavy atom. The molecule has 5 nitrogen and oxygen atoms in total. The van der Waals surface area contributed by atoms with Crippen LogP contribution in [0.5, 0.6) is 0 Å². The maximum atomic E-state index is 12.1. The second-order valence-corrected chi connectivity index (χ2v) is 6.98. The number of aromatic carboxylic acids is 1. The van der Waals surface area contributed by atoms with Crippen molar-refractivity contribution < 1.29 is 19.1 Å². The van der Waals surface area contributed by atoms with Gasteiger partial charge in [0.2, 0.25) is 5.91 Å². The first-order chi connectivity index (χ1) is 10.9. The van der Waals surface area contributed by atoms with Crippen LogP contribution in [0, 0.1) is 13.8 Å². The first kappa shape index (κ1) is 17.3. The van der Waals surface area contributed by atoms with E-state index >= 15 is 0 Å². The van der Waals surface area contributed by atoms with Gasteiger partial charge in [0.25, 0.3) is 0 Å². The Kier molecular flexibility index (Phi) is 5.60. The molecule has 0 fully saturated rings. The zero-order valence-electron chi connectivity index (χ0n) is 13.6. The van der Waals surface area contributed by atoms with Gasteiger partial charge in [-0.3, -0.25) is 4.79 Å². The van der Waals surface area contributed by atoms with E-state index in [0.717, 1.165) is 12.8 Å². The van der Waals surface area contributed by atoms with Crippen LogP contribution in [0.15, 0.2) is 22.6 Å². The summed E-state index contributed by atoms with van der Waals surface area (Å²) in [6, 6.07) is 5.68. The average molecular weight is 335 g/mol. The minimum absolute atomic E-state index is 0.0317. The Bertz CT molecular complexity index is 701. The predicted molar refractivity (Wildman–Crippen MR) is 88.9 cm³/mol. The molecule has 0 aliphatic heterocycles. The molecule has 0 spiro atoms. The van der Waals surface area contributed by atoms with Gasteiger partial charge in [0, 0.05) is 23.2 Å². The van der Waals surface area contributed by atoms with E-state index in [2.05, 4.69) is 19.1 Å². The third-order valence-electron chi connectivity index (χ3n) is 3.63. The van der Waals surface area contributed by atoms with Gasteiger partial charge in [-0.2, -0.15) is 0 Å². The second kappa shape index (κ2) is 7.46. The van der Waals surface area contributed by atoms with Crippen LogP contribution < -0.4 is 0 Å². The quantitative estimate of drug-likeness (QED) is 0.838. The number of furan rings is 1. The molecule has 2 rings (SSSR count). The topological polar surface area (TPSA) is 70.8 Å². The number of aryl methyl sites for hydroxylation is 3. The lowest BCUT2D eigenvalue weighted by Crippen LogP contribution is -2.25. The third kappa shape index (κ3) is 4.69. The van der Waals surface area contributed by atoms with E-state index in [1.807, 2.05) is 0 Å². The lowest BCUT2D eigenvalue weighted by Gasteiger charge is -2.15. The Morgan fingerprint density at radius 2 is 2.04 bits per heavy atom. The van der Waals surface area contributed by atoms with Crippen molar-refractivity contribution in [3.8, 4) is 0 Å². The number of carboxylic acid groups (broad SMARTS) is 1. The average Bonchev–Trinajstić information content (AvgIpc) is 3.04. The summed E-state index contributed by atoms with van der Waals surface area (Å²) in [5.74, 6) is -0.132. The zero-order chi connectivity index (χ0) is 17.0. The molecular formula is C17H21NO4S. The van der Waals surface area contributed by atoms with Gasteiger partial charge in [-0.15, -0.1) is 11.3 Å². The fraction of sp³-hybridized carbons (Fsp3) is 0.412. The van der Waals surface area contributed by atoms with Crippen LogP contribution in [0.3, 0.4) is 0 Å². The van der Waals surface area contributed by atoms with Crippen molar-refractivity contribution in [2.45, 2.75) is 39.7 Å². The molecule has 0 saturated carbocycles. The number of carbonyl (C=O) groups is 2. The van der Waals surface area contributed by atoms with E-state index in [9.17, 15) is 9.59 Å². The number of carbonyl (C=O) groups excluding carboxylic acids is 1. The van der Waals surface area contributed by atoms with E-state index in [-0.39, 0.29) is 18.0 Å². The number of amides is 1. The van der Waals surface area contributed by atoms with Crippen molar-refractivity contribution in [3.63, 3.8) is 0 Å². The molecule has 0 aliphatic rings. The largest absolute Gasteiger partial charge is 0.478 e. The van der Waals surface area contributed by atoms with E-state index in [4.69, 9.17) is 9.52 Å². The molecule has 0 saturated heterocycles. The molecule has 124 valence electrons. The molecule has 0 atom stereocenters. The highest BCUT2D eigenvalue weighted by atomic mass is 32.1. The Labute approximate surface area is 139 Å². The van der Waals surface area contributed by atoms with Gasteiger partial charge < -0.3 is 14.4 Å². The van der Waals surface area contributed by atoms with Crippen LogP contribution in [0.25, 0.3) is 0 Å². The molecule has 0 aromatic carbocycles. The maximum absolute atomic E-state index is 12.1. The minimum Gasteiger partial charge on any atom is -0.478 e. The molecule has 6 heteroatoms. The summed E-state index contributed by atoms with van der Waals surface area (Å²) in [4.78, 5) is 27.3. The van der Waals surface area contributed by atoms with Gasteiger partial charge in [-0.05, 0) is 44.9 Å². The number of carboxylic acids is 1. The summed E-state index contributed by atoms with van der Waals surface area (Å²) in [6.45, 7) is 3.96. The maximum Gasteiger partial charge on any atom is 0.339 e. The van der Waals surface area contributed by atoms with Crippen molar-refractivity contribution >= 4 is 23.2 Å². The van der Waals surface area contributed by atoms with E-state index in [1.165, 1.54) is 15.8 Å². The molecule has 2 aromatic heterocycles. The number of hydrogen-bond acceptors (Lipinski definition) is 4. The fourth-order valence-electron chi connectivity index (χ4n) is 2.38. The number of rotatable bonds is 7. The Hall–Kier alpha value is -2.08. The number of nitrogens with zero attached hydrogens (tertiary/aromatic N) is 1. The first-order valence-electron chi connectivity index (χ1n) is 7.48. The summed E-state index contributed by atoms with van der Waals surface area (Å²) in [5.41, 5.74) is 0.147. The van der Waals surface area contributed by atoms with Gasteiger partial charge >= 0.3 is 5.97 Å². The van der Waals surface area contributed by atoms with Gasteiger partial charge in [-0.25, -0.2) is 4.79 Å². The van der Waals surface area contributed by atoms with E-state index < -0.39 is 5.97 Å². The molecule has 23 heavy (non-hydrogen) atoms. The molecule has 2 aromatic rings. The van der Waals surface area contributed by atoms with Crippen molar-refractivity contribution in [2.24, 2.45) is 0 Å². The van der Waals surface area contributed by atoms with Crippen molar-refractivity contribution in [1.82, 2.24) is 4.90 Å². The van der Waals surface area contributed by atoms with E-state index in [0.29, 0.717) is 17.9 Å². The van der Waals surface area contributed by atoms with Crippen LogP contribution in [-0.4, -0.2) is 28.9 Å². The van der Waals surface area contributed by atoms with Crippen molar-refractivity contribution in [1.29, 1.82) is 0 Å². The molecule has 0 unspecified atom stereocenters. The van der Waals surface area contributed by atoms with Crippen LogP contribution in [-0.2, 0) is 17.8 Å². The van der Waals surface area contributed by atoms with Gasteiger partial charge in [0.05, 0.1) is 6.54 Å². The fourth-order valence-corrected chi connectivity index (χ4v) is 3.31. The smallest absolute Gasteiger partial charge is 0.339 e. The summed E-state index contributed by atoms with van der Waals surface area (Å²) in [7, 11) is 1.70. The highest BCUT2D eigenvalue weighted by molar-refractivity contribution is 7.11. The molecule has 0 bridgehead atoms. The summed E-state index contributed by atoms with van der Waals surface area (Å²) >= 11 is 1.76. The van der Waals surface area contributed by atoms with Crippen LogP contribution >= 0.6 is 11.3 Å². The molecule has 0 radical (unpaired) electrons. The van der Waals surface area contributed by atoms with Gasteiger partial charge in [0.1, 0.15) is 17.1 Å². The molecule has 0 aliphatic carbocycles. The molecular weight excluding hydrogens is 314 g/mol. The number of thiophene rings is 1. The van der Waals surface area contributed by atoms with Crippen molar-refractivity contribution in [3.05, 3.63) is 45.0 Å². The first-order valence-corrected chi connectivity index (χ1v) is 8.30. The Balaban J connectivity index is 1.82. The zero-order valence-corrected chi connectivity index (χ0v) is 14.4.